The van der Waals surface area contributed by atoms with Crippen molar-refractivity contribution in [2.45, 2.75) is 24.1 Å². The quantitative estimate of drug-likeness (QED) is 0.244. The number of halogens is 3. The van der Waals surface area contributed by atoms with Crippen LogP contribution in [0.2, 0.25) is 0 Å². The Labute approximate surface area is 255 Å². The zero-order valence-corrected chi connectivity index (χ0v) is 25.1. The standard InChI is InChI=1S/C27H32N6O3S.C2HF3O2/c1-19(34)18-31-12-14-32(15-13-31)20-8-10-23(25(16-20)36-2)29-27-28-17-21-9-11-24(33(21)30-27)22-6-4-5-7-26(22)37(3)35;3-2(4,5)1(6)7/h4-11,16-17,19,34H,12-15,18H2,1-3H3,(H,29,30);(H,6,7)/t19-,37?;/m0./s1. The summed E-state index contributed by atoms with van der Waals surface area (Å²) in [6, 6.07) is 17.7. The van der Waals surface area contributed by atoms with Crippen LogP contribution in [0.4, 0.5) is 30.5 Å². The van der Waals surface area contributed by atoms with Crippen molar-refractivity contribution in [3.63, 3.8) is 0 Å². The van der Waals surface area contributed by atoms with Gasteiger partial charge in [0.25, 0.3) is 0 Å². The van der Waals surface area contributed by atoms with E-state index in [1.54, 1.807) is 19.6 Å². The molecular formula is C29H33F3N6O5S. The highest BCUT2D eigenvalue weighted by Crippen LogP contribution is 2.33. The van der Waals surface area contributed by atoms with Gasteiger partial charge in [-0.3, -0.25) is 4.90 Å². The number of aliphatic carboxylic acids is 1. The van der Waals surface area contributed by atoms with Crippen LogP contribution < -0.4 is 15.0 Å². The van der Waals surface area contributed by atoms with Crippen LogP contribution in [-0.2, 0) is 16.0 Å². The molecule has 1 saturated heterocycles. The molecule has 3 N–H and O–H groups in total. The Morgan fingerprint density at radius 3 is 2.43 bits per heavy atom. The number of aliphatic hydroxyl groups excluding tert-OH is 1. The third-order valence-electron chi connectivity index (χ3n) is 6.81. The van der Waals surface area contributed by atoms with E-state index in [4.69, 9.17) is 19.7 Å². The number of alkyl halides is 3. The number of nitrogens with zero attached hydrogens (tertiary/aromatic N) is 5. The fourth-order valence-electron chi connectivity index (χ4n) is 4.75. The van der Waals surface area contributed by atoms with Gasteiger partial charge >= 0.3 is 12.1 Å². The minimum absolute atomic E-state index is 0.313. The van der Waals surface area contributed by atoms with Crippen LogP contribution in [0.5, 0.6) is 5.75 Å². The number of rotatable bonds is 8. The van der Waals surface area contributed by atoms with Crippen LogP contribution >= 0.6 is 0 Å². The summed E-state index contributed by atoms with van der Waals surface area (Å²) in [4.78, 5) is 18.8. The number of nitrogens with one attached hydrogen (secondary N) is 1. The van der Waals surface area contributed by atoms with Crippen molar-refractivity contribution >= 4 is 40.0 Å². The summed E-state index contributed by atoms with van der Waals surface area (Å²) in [5, 5.41) is 24.8. The van der Waals surface area contributed by atoms with Crippen molar-refractivity contribution < 1.29 is 37.5 Å². The predicted molar refractivity (Wildman–Crippen MR) is 161 cm³/mol. The maximum absolute atomic E-state index is 12.3. The van der Waals surface area contributed by atoms with Gasteiger partial charge in [-0.2, -0.15) is 13.2 Å². The number of benzene rings is 2. The molecule has 4 aromatic rings. The van der Waals surface area contributed by atoms with Gasteiger partial charge in [0, 0.05) is 44.5 Å². The molecule has 0 bridgehead atoms. The molecule has 1 unspecified atom stereocenters. The van der Waals surface area contributed by atoms with Crippen LogP contribution in [0.15, 0.2) is 65.7 Å². The number of ether oxygens (including phenoxy) is 1. The average Bonchev–Trinajstić information content (AvgIpc) is 3.40. The van der Waals surface area contributed by atoms with Gasteiger partial charge in [0.2, 0.25) is 5.95 Å². The van der Waals surface area contributed by atoms with Gasteiger partial charge in [-0.25, -0.2) is 14.3 Å². The summed E-state index contributed by atoms with van der Waals surface area (Å²) in [7, 11) is 1.65. The highest BCUT2D eigenvalue weighted by Gasteiger charge is 2.38. The molecule has 236 valence electrons. The number of aliphatic hydroxyl groups is 1. The molecule has 3 heterocycles. The highest BCUT2D eigenvalue weighted by atomic mass is 32.2. The molecule has 1 aliphatic rings. The summed E-state index contributed by atoms with van der Waals surface area (Å²) in [5.74, 6) is -1.63. The molecule has 2 aromatic heterocycles. The lowest BCUT2D eigenvalue weighted by molar-refractivity contribution is -0.192. The minimum atomic E-state index is -5.08. The molecule has 1 aliphatic heterocycles. The van der Waals surface area contributed by atoms with Crippen molar-refractivity contribution in [1.82, 2.24) is 19.5 Å². The lowest BCUT2D eigenvalue weighted by Gasteiger charge is -2.36. The third-order valence-corrected chi connectivity index (χ3v) is 7.78. The van der Waals surface area contributed by atoms with Gasteiger partial charge in [-0.1, -0.05) is 12.1 Å². The van der Waals surface area contributed by atoms with E-state index < -0.39 is 23.3 Å². The van der Waals surface area contributed by atoms with Gasteiger partial charge in [0.1, 0.15) is 12.0 Å². The zero-order chi connectivity index (χ0) is 32.0. The maximum atomic E-state index is 12.3. The summed E-state index contributed by atoms with van der Waals surface area (Å²) >= 11 is -1.13. The number of hydrogen-bond acceptors (Lipinski definition) is 9. The van der Waals surface area contributed by atoms with E-state index in [0.29, 0.717) is 18.2 Å². The number of fused-ring (bicyclic) bond motifs is 1. The normalized spacial score (nSPS) is 15.3. The highest BCUT2D eigenvalue weighted by molar-refractivity contribution is 7.90. The first-order valence-electron chi connectivity index (χ1n) is 13.6. The molecule has 1 fully saturated rings. The molecule has 0 saturated carbocycles. The summed E-state index contributed by atoms with van der Waals surface area (Å²) in [6.45, 7) is 6.14. The van der Waals surface area contributed by atoms with E-state index in [1.165, 1.54) is 0 Å². The van der Waals surface area contributed by atoms with Crippen molar-refractivity contribution in [3.05, 3.63) is 60.8 Å². The number of carbonyl (C=O) groups is 1. The second-order valence-electron chi connectivity index (χ2n) is 10.0. The van der Waals surface area contributed by atoms with E-state index in [2.05, 4.69) is 26.2 Å². The first-order chi connectivity index (χ1) is 20.9. The number of methoxy groups -OCH3 is 1. The fraction of sp³-hybridized carbons (Fsp3) is 0.345. The molecular weight excluding hydrogens is 601 g/mol. The third kappa shape index (κ3) is 8.11. The lowest BCUT2D eigenvalue weighted by atomic mass is 10.1. The second kappa shape index (κ2) is 14.2. The van der Waals surface area contributed by atoms with Crippen LogP contribution in [0.1, 0.15) is 6.92 Å². The Morgan fingerprint density at radius 1 is 1.14 bits per heavy atom. The molecule has 0 amide bonds. The summed E-state index contributed by atoms with van der Waals surface area (Å²) in [5.41, 5.74) is 4.43. The summed E-state index contributed by atoms with van der Waals surface area (Å²) < 4.78 is 51.6. The molecule has 0 aliphatic carbocycles. The largest absolute Gasteiger partial charge is 0.612 e. The molecule has 2 aromatic carbocycles. The Kier molecular flexibility index (Phi) is 10.6. The predicted octanol–water partition coefficient (Wildman–Crippen LogP) is 4.02. The van der Waals surface area contributed by atoms with Crippen LogP contribution in [-0.4, -0.2) is 98.6 Å². The van der Waals surface area contributed by atoms with Crippen molar-refractivity contribution in [1.29, 1.82) is 0 Å². The van der Waals surface area contributed by atoms with Gasteiger partial charge in [0.15, 0.2) is 4.90 Å². The van der Waals surface area contributed by atoms with Crippen molar-refractivity contribution in [2.75, 3.05) is 56.3 Å². The van der Waals surface area contributed by atoms with E-state index in [0.717, 1.165) is 59.2 Å². The molecule has 0 spiro atoms. The first-order valence-corrected chi connectivity index (χ1v) is 15.1. The molecule has 5 rings (SSSR count). The number of β-amino-alcohol motifs (C(OH)–C–C–N with tert-alkyl or cyclic N) is 1. The van der Waals surface area contributed by atoms with E-state index in [1.807, 2.05) is 60.0 Å². The van der Waals surface area contributed by atoms with Gasteiger partial charge in [-0.15, -0.1) is 5.10 Å². The zero-order valence-electron chi connectivity index (χ0n) is 24.3. The maximum Gasteiger partial charge on any atom is 0.490 e. The van der Waals surface area contributed by atoms with Gasteiger partial charge in [0.05, 0.1) is 41.9 Å². The Bertz CT molecular complexity index is 1570. The number of carboxylic acids is 1. The van der Waals surface area contributed by atoms with Gasteiger partial charge < -0.3 is 29.7 Å². The number of piperazine rings is 1. The second-order valence-corrected chi connectivity index (χ2v) is 11.4. The van der Waals surface area contributed by atoms with Crippen molar-refractivity contribution in [3.8, 4) is 17.0 Å². The van der Waals surface area contributed by atoms with Crippen molar-refractivity contribution in [2.24, 2.45) is 0 Å². The fourth-order valence-corrected chi connectivity index (χ4v) is 5.51. The van der Waals surface area contributed by atoms with E-state index in [9.17, 15) is 22.8 Å². The first kappa shape index (κ1) is 32.9. The summed E-state index contributed by atoms with van der Waals surface area (Å²) in [6.07, 6.45) is -1.95. The smallest absolute Gasteiger partial charge is 0.490 e. The molecule has 2 atom stereocenters. The lowest BCUT2D eigenvalue weighted by Crippen LogP contribution is -2.48. The van der Waals surface area contributed by atoms with Gasteiger partial charge in [-0.05, 0) is 54.5 Å². The molecule has 44 heavy (non-hydrogen) atoms. The monoisotopic (exact) mass is 634 g/mol. The van der Waals surface area contributed by atoms with E-state index in [-0.39, 0.29) is 6.10 Å². The number of carboxylic acid groups (broad SMARTS) is 1. The molecule has 11 nitrogen and oxygen atoms in total. The van der Waals surface area contributed by atoms with Crippen LogP contribution in [0.25, 0.3) is 16.8 Å². The number of anilines is 3. The minimum Gasteiger partial charge on any atom is -0.612 e. The Morgan fingerprint density at radius 2 is 1.82 bits per heavy atom. The van der Waals surface area contributed by atoms with Crippen LogP contribution in [0.3, 0.4) is 0 Å². The SMILES string of the molecule is COc1cc(N2CCN(C[C@H](C)O)CC2)ccc1Nc1ncc2ccc(-c3ccccc3[S+](C)[O-])n2n1.O=C(O)C(F)(F)F. The molecule has 0 radical (unpaired) electrons. The average molecular weight is 635 g/mol. The number of hydrogen-bond donors (Lipinski definition) is 3. The van der Waals surface area contributed by atoms with Crippen LogP contribution in [0, 0.1) is 0 Å². The number of aromatic nitrogens is 3. The Balaban J connectivity index is 0.000000566. The topological polar surface area (TPSA) is 139 Å². The Hall–Kier alpha value is -4.05. The van der Waals surface area contributed by atoms with E-state index >= 15 is 0 Å². The molecule has 15 heteroatoms.